The van der Waals surface area contributed by atoms with Gasteiger partial charge in [-0.1, -0.05) is 61.0 Å². The van der Waals surface area contributed by atoms with Gasteiger partial charge in [0.2, 0.25) is 0 Å². The van der Waals surface area contributed by atoms with Gasteiger partial charge < -0.3 is 11.5 Å². The van der Waals surface area contributed by atoms with Gasteiger partial charge in [-0.15, -0.1) is 0 Å². The van der Waals surface area contributed by atoms with E-state index in [0.717, 1.165) is 37.9 Å². The maximum Gasteiger partial charge on any atom is 0.00866 e. The van der Waals surface area contributed by atoms with E-state index < -0.39 is 0 Å². The molecule has 0 unspecified atom stereocenters. The molecule has 0 aliphatic carbocycles. The normalized spacial score (nSPS) is 12.6. The Morgan fingerprint density at radius 1 is 0.760 bits per heavy atom. The van der Waals surface area contributed by atoms with Gasteiger partial charge in [-0.25, -0.2) is 0 Å². The lowest BCUT2D eigenvalue weighted by molar-refractivity contribution is 0.682. The molecule has 0 bridgehead atoms. The predicted octanol–water partition coefficient (Wildman–Crippen LogP) is 5.40. The second kappa shape index (κ2) is 6.73. The summed E-state index contributed by atoms with van der Waals surface area (Å²) in [5.74, 6) is 0. The fourth-order valence-corrected chi connectivity index (χ4v) is 3.81. The maximum absolute atomic E-state index is 6.29. The van der Waals surface area contributed by atoms with Crippen molar-refractivity contribution in [2.75, 3.05) is 6.54 Å². The van der Waals surface area contributed by atoms with E-state index in [2.05, 4.69) is 60.7 Å². The smallest absolute Gasteiger partial charge is 0.00866 e. The van der Waals surface area contributed by atoms with Crippen LogP contribution in [-0.2, 0) is 0 Å². The van der Waals surface area contributed by atoms with Gasteiger partial charge in [-0.2, -0.15) is 0 Å². The molecule has 0 aliphatic heterocycles. The van der Waals surface area contributed by atoms with E-state index in [4.69, 9.17) is 11.5 Å². The SMILES string of the molecule is NCCCCCC(N)=Cc1ccc2ccc3cccc4ccc1c2c34. The highest BCUT2D eigenvalue weighted by Crippen LogP contribution is 2.36. The van der Waals surface area contributed by atoms with Crippen LogP contribution in [0.1, 0.15) is 31.2 Å². The second-order valence-corrected chi connectivity index (χ2v) is 6.83. The summed E-state index contributed by atoms with van der Waals surface area (Å²) in [5.41, 5.74) is 14.0. The molecule has 0 saturated heterocycles. The minimum absolute atomic E-state index is 0.763. The summed E-state index contributed by atoms with van der Waals surface area (Å²) >= 11 is 0. The minimum atomic E-state index is 0.763. The highest BCUT2D eigenvalue weighted by atomic mass is 14.6. The Hall–Kier alpha value is -2.58. The number of rotatable bonds is 6. The first-order valence-corrected chi connectivity index (χ1v) is 9.10. The Labute approximate surface area is 148 Å². The van der Waals surface area contributed by atoms with Gasteiger partial charge in [0.05, 0.1) is 0 Å². The van der Waals surface area contributed by atoms with E-state index in [1.165, 1.54) is 37.9 Å². The topological polar surface area (TPSA) is 52.0 Å². The van der Waals surface area contributed by atoms with Crippen LogP contribution in [0.3, 0.4) is 0 Å². The summed E-state index contributed by atoms with van der Waals surface area (Å²) in [6.07, 6.45) is 6.40. The third-order valence-corrected chi connectivity index (χ3v) is 5.07. The van der Waals surface area contributed by atoms with Crippen LogP contribution in [0.5, 0.6) is 0 Å². The molecule has 0 spiro atoms. The highest BCUT2D eigenvalue weighted by Gasteiger charge is 2.09. The van der Waals surface area contributed by atoms with Crippen LogP contribution in [0.25, 0.3) is 38.4 Å². The minimum Gasteiger partial charge on any atom is -0.402 e. The third kappa shape index (κ3) is 2.94. The van der Waals surface area contributed by atoms with E-state index in [9.17, 15) is 0 Å². The van der Waals surface area contributed by atoms with Crippen molar-refractivity contribution in [1.82, 2.24) is 0 Å². The monoisotopic (exact) mass is 328 g/mol. The van der Waals surface area contributed by atoms with Gasteiger partial charge in [-0.05, 0) is 69.8 Å². The van der Waals surface area contributed by atoms with Crippen LogP contribution < -0.4 is 11.5 Å². The molecule has 4 N–H and O–H groups in total. The van der Waals surface area contributed by atoms with Crippen molar-refractivity contribution in [3.63, 3.8) is 0 Å². The average Bonchev–Trinajstić information content (AvgIpc) is 2.64. The van der Waals surface area contributed by atoms with Crippen LogP contribution in [-0.4, -0.2) is 6.54 Å². The number of hydrogen-bond acceptors (Lipinski definition) is 2. The Bertz CT molecular complexity index is 1030. The van der Waals surface area contributed by atoms with Crippen LogP contribution in [0.4, 0.5) is 0 Å². The average molecular weight is 328 g/mol. The van der Waals surface area contributed by atoms with Gasteiger partial charge in [0.15, 0.2) is 0 Å². The van der Waals surface area contributed by atoms with E-state index in [-0.39, 0.29) is 0 Å². The first-order valence-electron chi connectivity index (χ1n) is 9.10. The zero-order chi connectivity index (χ0) is 17.2. The molecule has 4 aromatic carbocycles. The summed E-state index contributed by atoms with van der Waals surface area (Å²) in [6.45, 7) is 0.763. The lowest BCUT2D eigenvalue weighted by Gasteiger charge is -2.13. The molecule has 0 aromatic heterocycles. The van der Waals surface area contributed by atoms with Gasteiger partial charge in [0, 0.05) is 5.70 Å². The van der Waals surface area contributed by atoms with E-state index in [1.807, 2.05) is 0 Å². The fourth-order valence-electron chi connectivity index (χ4n) is 3.81. The Balaban J connectivity index is 1.80. The van der Waals surface area contributed by atoms with E-state index in [1.54, 1.807) is 0 Å². The zero-order valence-electron chi connectivity index (χ0n) is 14.5. The summed E-state index contributed by atoms with van der Waals surface area (Å²) in [4.78, 5) is 0. The van der Waals surface area contributed by atoms with Crippen molar-refractivity contribution < 1.29 is 0 Å². The second-order valence-electron chi connectivity index (χ2n) is 6.83. The Morgan fingerprint density at radius 2 is 1.44 bits per heavy atom. The molecule has 4 rings (SSSR count). The van der Waals surface area contributed by atoms with Gasteiger partial charge in [0.25, 0.3) is 0 Å². The van der Waals surface area contributed by atoms with Crippen molar-refractivity contribution in [2.45, 2.75) is 25.7 Å². The van der Waals surface area contributed by atoms with Crippen molar-refractivity contribution >= 4 is 38.4 Å². The zero-order valence-corrected chi connectivity index (χ0v) is 14.5. The van der Waals surface area contributed by atoms with Crippen LogP contribution in [0.2, 0.25) is 0 Å². The van der Waals surface area contributed by atoms with Gasteiger partial charge in [-0.3, -0.25) is 0 Å². The number of allylic oxidation sites excluding steroid dienone is 1. The van der Waals surface area contributed by atoms with E-state index in [0.29, 0.717) is 0 Å². The summed E-state index contributed by atoms with van der Waals surface area (Å²) < 4.78 is 0. The van der Waals surface area contributed by atoms with Crippen LogP contribution >= 0.6 is 0 Å². The van der Waals surface area contributed by atoms with Crippen molar-refractivity contribution in [3.8, 4) is 0 Å². The molecule has 2 nitrogen and oxygen atoms in total. The molecule has 25 heavy (non-hydrogen) atoms. The molecule has 126 valence electrons. The molecule has 0 aliphatic rings. The highest BCUT2D eigenvalue weighted by molar-refractivity contribution is 6.24. The van der Waals surface area contributed by atoms with Gasteiger partial charge >= 0.3 is 0 Å². The van der Waals surface area contributed by atoms with Crippen molar-refractivity contribution in [3.05, 3.63) is 65.9 Å². The molecule has 0 radical (unpaired) electrons. The summed E-state index contributed by atoms with van der Waals surface area (Å²) in [6, 6.07) is 19.8. The Morgan fingerprint density at radius 3 is 2.20 bits per heavy atom. The summed E-state index contributed by atoms with van der Waals surface area (Å²) in [7, 11) is 0. The fraction of sp³-hybridized carbons (Fsp3) is 0.217. The number of hydrogen-bond donors (Lipinski definition) is 2. The number of benzene rings is 4. The molecule has 0 saturated carbocycles. The molecule has 0 amide bonds. The predicted molar refractivity (Wildman–Crippen MR) is 110 cm³/mol. The standard InChI is InChI=1S/C23H24N2/c24-14-3-1-2-7-20(25)15-19-11-10-18-9-8-16-5-4-6-17-12-13-21(19)23(18)22(16)17/h4-6,8-13,15H,1-3,7,14,24-25H2. The van der Waals surface area contributed by atoms with Crippen LogP contribution in [0.15, 0.2) is 60.3 Å². The third-order valence-electron chi connectivity index (χ3n) is 5.07. The Kier molecular flexibility index (Phi) is 4.29. The molecule has 0 atom stereocenters. The molecular formula is C23H24N2. The number of nitrogens with two attached hydrogens (primary N) is 2. The summed E-state index contributed by atoms with van der Waals surface area (Å²) in [5, 5.41) is 7.87. The molecular weight excluding hydrogens is 304 g/mol. The van der Waals surface area contributed by atoms with Gasteiger partial charge in [0.1, 0.15) is 0 Å². The molecule has 2 heteroatoms. The van der Waals surface area contributed by atoms with Crippen molar-refractivity contribution in [2.24, 2.45) is 11.5 Å². The lowest BCUT2D eigenvalue weighted by atomic mass is 9.91. The first-order chi connectivity index (χ1) is 12.3. The molecule has 0 fully saturated rings. The first kappa shape index (κ1) is 15.9. The van der Waals surface area contributed by atoms with E-state index >= 15 is 0 Å². The quantitative estimate of drug-likeness (QED) is 0.367. The van der Waals surface area contributed by atoms with Crippen LogP contribution in [0, 0.1) is 0 Å². The number of unbranched alkanes of at least 4 members (excludes halogenated alkanes) is 2. The lowest BCUT2D eigenvalue weighted by Crippen LogP contribution is -2.00. The maximum atomic E-state index is 6.29. The van der Waals surface area contributed by atoms with Crippen molar-refractivity contribution in [1.29, 1.82) is 0 Å². The largest absolute Gasteiger partial charge is 0.402 e. The molecule has 4 aromatic rings. The molecule has 0 heterocycles.